The number of nitrogens with two attached hydrogens (primary N) is 1. The molecule has 0 bridgehead atoms. The zero-order valence-electron chi connectivity index (χ0n) is 12.4. The molecule has 21 heavy (non-hydrogen) atoms. The van der Waals surface area contributed by atoms with Crippen LogP contribution in [0.2, 0.25) is 0 Å². The molecule has 3 N–H and O–H groups in total. The van der Waals surface area contributed by atoms with E-state index in [1.807, 2.05) is 0 Å². The molecule has 116 valence electrons. The maximum Gasteiger partial charge on any atom is 0.246 e. The first-order chi connectivity index (χ1) is 9.80. The molecule has 0 aliphatic heterocycles. The van der Waals surface area contributed by atoms with Gasteiger partial charge < -0.3 is 24.7 Å². The van der Waals surface area contributed by atoms with E-state index in [1.54, 1.807) is 24.2 Å². The summed E-state index contributed by atoms with van der Waals surface area (Å²) in [5, 5.41) is 9.92. The number of hydrogen-bond acceptors (Lipinski definition) is 7. The minimum atomic E-state index is -2.24. The molecule has 2 heterocycles. The number of aliphatic hydroxyl groups is 1. The molecule has 9 heteroatoms. The van der Waals surface area contributed by atoms with Crippen molar-refractivity contribution in [2.75, 3.05) is 32.3 Å². The van der Waals surface area contributed by atoms with Crippen LogP contribution in [0.5, 0.6) is 5.88 Å². The summed E-state index contributed by atoms with van der Waals surface area (Å²) in [6.07, 6.45) is 1.75. The monoisotopic (exact) mass is 313 g/mol. The molecule has 0 radical (unpaired) electrons. The zero-order chi connectivity index (χ0) is 15.6. The highest BCUT2D eigenvalue weighted by Crippen LogP contribution is 2.37. The molecule has 1 atom stereocenters. The Labute approximate surface area is 122 Å². The van der Waals surface area contributed by atoms with Gasteiger partial charge in [0.1, 0.15) is 0 Å². The van der Waals surface area contributed by atoms with Crippen molar-refractivity contribution in [3.8, 4) is 5.88 Å². The van der Waals surface area contributed by atoms with Gasteiger partial charge in [0.25, 0.3) is 0 Å². The third-order valence-electron chi connectivity index (χ3n) is 3.00. The Hall–Kier alpha value is -1.66. The van der Waals surface area contributed by atoms with E-state index in [2.05, 4.69) is 15.0 Å². The first-order valence-electron chi connectivity index (χ1n) is 6.54. The number of imidazole rings is 1. The molecule has 0 aliphatic carbocycles. The summed E-state index contributed by atoms with van der Waals surface area (Å²) >= 11 is 0. The van der Waals surface area contributed by atoms with Gasteiger partial charge in [-0.2, -0.15) is 9.97 Å². The number of aromatic nitrogens is 4. The van der Waals surface area contributed by atoms with E-state index >= 15 is 0 Å². The van der Waals surface area contributed by atoms with Gasteiger partial charge in [0, 0.05) is 12.7 Å². The summed E-state index contributed by atoms with van der Waals surface area (Å²) in [5.74, 6) is 0.427. The molecule has 0 saturated heterocycles. The van der Waals surface area contributed by atoms with Crippen molar-refractivity contribution in [3.63, 3.8) is 0 Å². The Morgan fingerprint density at radius 1 is 1.48 bits per heavy atom. The second-order valence-electron chi connectivity index (χ2n) is 5.40. The van der Waals surface area contributed by atoms with Gasteiger partial charge in [0.05, 0.1) is 26.7 Å². The SMILES string of the molecule is COc1nc(N)nc2c1ncn2CC[C@H](O)CP(C)(C)=O. The smallest absolute Gasteiger partial charge is 0.246 e. The fourth-order valence-electron chi connectivity index (χ4n) is 2.13. The number of fused-ring (bicyclic) bond motifs is 1. The molecule has 0 amide bonds. The minimum Gasteiger partial charge on any atom is -0.479 e. The molecule has 2 rings (SSSR count). The molecule has 0 aliphatic rings. The van der Waals surface area contributed by atoms with Crippen LogP contribution in [0.4, 0.5) is 5.95 Å². The fraction of sp³-hybridized carbons (Fsp3) is 0.583. The first-order valence-corrected chi connectivity index (χ1v) is 9.33. The summed E-state index contributed by atoms with van der Waals surface area (Å²) in [6, 6.07) is 0. The maximum absolute atomic E-state index is 11.7. The van der Waals surface area contributed by atoms with Crippen LogP contribution < -0.4 is 10.5 Å². The van der Waals surface area contributed by atoms with Crippen molar-refractivity contribution in [1.82, 2.24) is 19.5 Å². The molecule has 0 aromatic carbocycles. The van der Waals surface area contributed by atoms with Crippen LogP contribution >= 0.6 is 7.14 Å². The van der Waals surface area contributed by atoms with Crippen LogP contribution in [0.25, 0.3) is 11.2 Å². The van der Waals surface area contributed by atoms with Gasteiger partial charge in [0.15, 0.2) is 11.2 Å². The lowest BCUT2D eigenvalue weighted by Crippen LogP contribution is -2.15. The molecule has 0 saturated carbocycles. The van der Waals surface area contributed by atoms with E-state index in [9.17, 15) is 9.67 Å². The van der Waals surface area contributed by atoms with Gasteiger partial charge in [-0.25, -0.2) is 4.98 Å². The van der Waals surface area contributed by atoms with Gasteiger partial charge in [-0.1, -0.05) is 0 Å². The predicted molar refractivity (Wildman–Crippen MR) is 81.2 cm³/mol. The van der Waals surface area contributed by atoms with Gasteiger partial charge in [-0.15, -0.1) is 0 Å². The van der Waals surface area contributed by atoms with Gasteiger partial charge in [-0.3, -0.25) is 0 Å². The lowest BCUT2D eigenvalue weighted by atomic mass is 10.3. The normalized spacial score (nSPS) is 13.5. The number of methoxy groups -OCH3 is 1. The Morgan fingerprint density at radius 3 is 2.81 bits per heavy atom. The highest BCUT2D eigenvalue weighted by molar-refractivity contribution is 7.62. The van der Waals surface area contributed by atoms with E-state index in [0.717, 1.165) is 0 Å². The summed E-state index contributed by atoms with van der Waals surface area (Å²) in [4.78, 5) is 12.3. The fourth-order valence-corrected chi connectivity index (χ4v) is 3.32. The van der Waals surface area contributed by atoms with Crippen molar-refractivity contribution in [2.45, 2.75) is 19.1 Å². The van der Waals surface area contributed by atoms with Crippen LogP contribution in [0.15, 0.2) is 6.33 Å². The first kappa shape index (κ1) is 15.7. The average Bonchev–Trinajstić information content (AvgIpc) is 2.76. The number of aryl methyl sites for hydroxylation is 1. The average molecular weight is 313 g/mol. The Kier molecular flexibility index (Phi) is 4.49. The number of rotatable bonds is 6. The number of anilines is 1. The number of nitrogen functional groups attached to an aromatic ring is 1. The lowest BCUT2D eigenvalue weighted by molar-refractivity contribution is 0.180. The highest BCUT2D eigenvalue weighted by Gasteiger charge is 2.17. The van der Waals surface area contributed by atoms with Gasteiger partial charge in [-0.05, 0) is 19.8 Å². The minimum absolute atomic E-state index is 0.105. The molecule has 0 fully saturated rings. The van der Waals surface area contributed by atoms with E-state index in [0.29, 0.717) is 36.2 Å². The largest absolute Gasteiger partial charge is 0.479 e. The predicted octanol–water partition coefficient (Wildman–Crippen LogP) is 0.791. The van der Waals surface area contributed by atoms with E-state index in [4.69, 9.17) is 10.5 Å². The van der Waals surface area contributed by atoms with Crippen molar-refractivity contribution in [1.29, 1.82) is 0 Å². The number of aliphatic hydroxyl groups excluding tert-OH is 1. The molecular weight excluding hydrogens is 293 g/mol. The Bertz CT molecular complexity index is 681. The standard InChI is InChI=1S/C12H20N5O3P/c1-20-11-9-10(15-12(13)16-11)17(7-14-9)5-4-8(18)6-21(2,3)19/h7-8,18H,4-6H2,1-3H3,(H2,13,15,16)/t8-/m0/s1. The third kappa shape index (κ3) is 3.92. The summed E-state index contributed by atoms with van der Waals surface area (Å²) in [7, 11) is -0.747. The third-order valence-corrected chi connectivity index (χ3v) is 4.30. The molecular formula is C12H20N5O3P. The number of nitrogens with zero attached hydrogens (tertiary/aromatic N) is 4. The van der Waals surface area contributed by atoms with Crippen molar-refractivity contribution >= 4 is 24.3 Å². The lowest BCUT2D eigenvalue weighted by Gasteiger charge is -2.14. The second kappa shape index (κ2) is 5.99. The van der Waals surface area contributed by atoms with Gasteiger partial charge in [0.2, 0.25) is 11.8 Å². The van der Waals surface area contributed by atoms with E-state index < -0.39 is 13.2 Å². The molecule has 8 nitrogen and oxygen atoms in total. The molecule has 2 aromatic heterocycles. The highest BCUT2D eigenvalue weighted by atomic mass is 31.2. The maximum atomic E-state index is 11.7. The summed E-state index contributed by atoms with van der Waals surface area (Å²) < 4.78 is 18.6. The molecule has 0 spiro atoms. The second-order valence-corrected chi connectivity index (χ2v) is 8.91. The van der Waals surface area contributed by atoms with Crippen LogP contribution in [-0.4, -0.2) is 57.3 Å². The van der Waals surface area contributed by atoms with Crippen LogP contribution in [0, 0.1) is 0 Å². The van der Waals surface area contributed by atoms with Crippen molar-refractivity contribution in [2.24, 2.45) is 0 Å². The Morgan fingerprint density at radius 2 is 2.19 bits per heavy atom. The van der Waals surface area contributed by atoms with Crippen LogP contribution in [0.1, 0.15) is 6.42 Å². The van der Waals surface area contributed by atoms with Crippen molar-refractivity contribution < 1.29 is 14.4 Å². The number of ether oxygens (including phenoxy) is 1. The van der Waals surface area contributed by atoms with Gasteiger partial charge >= 0.3 is 0 Å². The Balaban J connectivity index is 2.16. The topological polar surface area (TPSA) is 116 Å². The quantitative estimate of drug-likeness (QED) is 0.757. The van der Waals surface area contributed by atoms with Crippen LogP contribution in [0.3, 0.4) is 0 Å². The summed E-state index contributed by atoms with van der Waals surface area (Å²) in [6.45, 7) is 3.83. The summed E-state index contributed by atoms with van der Waals surface area (Å²) in [5.41, 5.74) is 6.72. The van der Waals surface area contributed by atoms with Crippen LogP contribution in [-0.2, 0) is 11.1 Å². The molecule has 0 unspecified atom stereocenters. The van der Waals surface area contributed by atoms with E-state index in [-0.39, 0.29) is 5.95 Å². The zero-order valence-corrected chi connectivity index (χ0v) is 13.2. The number of hydrogen-bond donors (Lipinski definition) is 2. The van der Waals surface area contributed by atoms with E-state index in [1.165, 1.54) is 7.11 Å². The molecule has 2 aromatic rings. The van der Waals surface area contributed by atoms with Crippen molar-refractivity contribution in [3.05, 3.63) is 6.33 Å².